The molecule has 15 heavy (non-hydrogen) atoms. The van der Waals surface area contributed by atoms with E-state index >= 15 is 0 Å². The molecule has 0 heterocycles. The van der Waals surface area contributed by atoms with E-state index in [-0.39, 0.29) is 17.5 Å². The zero-order valence-electron chi connectivity index (χ0n) is 8.69. The van der Waals surface area contributed by atoms with E-state index in [1.165, 1.54) is 0 Å². The van der Waals surface area contributed by atoms with Gasteiger partial charge in [-0.05, 0) is 32.1 Å². The summed E-state index contributed by atoms with van der Waals surface area (Å²) in [5, 5.41) is 10.8. The van der Waals surface area contributed by atoms with Crippen molar-refractivity contribution in [2.45, 2.75) is 20.0 Å². The lowest BCUT2D eigenvalue weighted by molar-refractivity contribution is -0.386. The first-order valence-electron chi connectivity index (χ1n) is 4.53. The van der Waals surface area contributed by atoms with Gasteiger partial charge < -0.3 is 4.74 Å². The second-order valence-corrected chi connectivity index (χ2v) is 3.25. The van der Waals surface area contributed by atoms with Gasteiger partial charge in [0.2, 0.25) is 0 Å². The summed E-state index contributed by atoms with van der Waals surface area (Å²) in [5.41, 5.74) is 0.263. The quantitative estimate of drug-likeness (QED) is 0.562. The van der Waals surface area contributed by atoms with Gasteiger partial charge in [-0.3, -0.25) is 10.1 Å². The monoisotopic (exact) mass is 206 g/mol. The van der Waals surface area contributed by atoms with E-state index in [1.54, 1.807) is 18.2 Å². The van der Waals surface area contributed by atoms with Crippen LogP contribution in [0, 0.1) is 16.2 Å². The van der Waals surface area contributed by atoms with E-state index in [0.717, 1.165) is 0 Å². The van der Waals surface area contributed by atoms with Crippen molar-refractivity contribution in [2.75, 3.05) is 0 Å². The zero-order valence-corrected chi connectivity index (χ0v) is 8.69. The molecule has 0 N–H and O–H groups in total. The average molecular weight is 206 g/mol. The van der Waals surface area contributed by atoms with Crippen molar-refractivity contribution in [2.24, 2.45) is 0 Å². The molecule has 79 valence electrons. The Hall–Kier alpha value is -1.84. The number of nitro groups is 1. The third kappa shape index (κ3) is 2.56. The van der Waals surface area contributed by atoms with Gasteiger partial charge >= 0.3 is 5.69 Å². The Balaban J connectivity index is 3.25. The highest BCUT2D eigenvalue weighted by Gasteiger charge is 2.19. The summed E-state index contributed by atoms with van der Waals surface area (Å²) >= 11 is 0. The molecule has 1 rings (SSSR count). The molecule has 0 aliphatic rings. The van der Waals surface area contributed by atoms with Crippen molar-refractivity contribution in [1.29, 1.82) is 0 Å². The van der Waals surface area contributed by atoms with Gasteiger partial charge in [0.1, 0.15) is 0 Å². The van der Waals surface area contributed by atoms with Crippen molar-refractivity contribution in [1.82, 2.24) is 0 Å². The SMILES string of the molecule is C=[C]c1cccc(OC(C)C)c1[N+](=O)[O-]. The maximum absolute atomic E-state index is 10.8. The van der Waals surface area contributed by atoms with Crippen LogP contribution < -0.4 is 4.74 Å². The number of para-hydroxylation sites is 1. The second kappa shape index (κ2) is 4.59. The number of benzene rings is 1. The van der Waals surface area contributed by atoms with Crippen molar-refractivity contribution in [3.63, 3.8) is 0 Å². The highest BCUT2D eigenvalue weighted by atomic mass is 16.6. The van der Waals surface area contributed by atoms with Crippen LogP contribution in [0.3, 0.4) is 0 Å². The largest absolute Gasteiger partial charge is 0.484 e. The summed E-state index contributed by atoms with van der Waals surface area (Å²) in [6.07, 6.45) is 2.41. The summed E-state index contributed by atoms with van der Waals surface area (Å²) in [6, 6.07) is 4.83. The van der Waals surface area contributed by atoms with Crippen LogP contribution in [0.5, 0.6) is 5.75 Å². The molecule has 1 aromatic carbocycles. The van der Waals surface area contributed by atoms with Crippen molar-refractivity contribution < 1.29 is 9.66 Å². The van der Waals surface area contributed by atoms with E-state index in [2.05, 4.69) is 12.7 Å². The average Bonchev–Trinajstić information content (AvgIpc) is 2.15. The fraction of sp³-hybridized carbons (Fsp3) is 0.273. The number of nitro benzene ring substituents is 1. The van der Waals surface area contributed by atoms with Crippen LogP contribution in [0.4, 0.5) is 5.69 Å². The molecule has 1 aromatic rings. The van der Waals surface area contributed by atoms with Crippen molar-refractivity contribution in [3.05, 3.63) is 46.5 Å². The topological polar surface area (TPSA) is 52.4 Å². The molecule has 0 amide bonds. The van der Waals surface area contributed by atoms with Crippen LogP contribution in [0.15, 0.2) is 24.8 Å². The standard InChI is InChI=1S/C11H12NO3/c1-4-9-6-5-7-10(15-8(2)3)11(9)12(13)14/h5-8H,1H2,2-3H3. The fourth-order valence-corrected chi connectivity index (χ4v) is 1.20. The number of ether oxygens (including phenoxy) is 1. The predicted octanol–water partition coefficient (Wildman–Crippen LogP) is 2.72. The Morgan fingerprint density at radius 3 is 2.67 bits per heavy atom. The molecule has 0 saturated heterocycles. The van der Waals surface area contributed by atoms with E-state index in [1.807, 2.05) is 13.8 Å². The number of nitrogens with zero attached hydrogens (tertiary/aromatic N) is 1. The molecular weight excluding hydrogens is 194 g/mol. The zero-order chi connectivity index (χ0) is 11.4. The van der Waals surface area contributed by atoms with Gasteiger partial charge in [0.15, 0.2) is 5.75 Å². The minimum Gasteiger partial charge on any atom is -0.484 e. The van der Waals surface area contributed by atoms with Crippen molar-refractivity contribution in [3.8, 4) is 5.75 Å². The first-order chi connectivity index (χ1) is 7.06. The Kier molecular flexibility index (Phi) is 3.44. The highest BCUT2D eigenvalue weighted by Crippen LogP contribution is 2.31. The van der Waals surface area contributed by atoms with Crippen LogP contribution >= 0.6 is 0 Å². The molecular formula is C11H12NO3. The Labute approximate surface area is 88.3 Å². The molecule has 0 unspecified atom stereocenters. The smallest absolute Gasteiger partial charge is 0.318 e. The van der Waals surface area contributed by atoms with Gasteiger partial charge in [-0.1, -0.05) is 12.6 Å². The maximum atomic E-state index is 10.8. The third-order valence-corrected chi connectivity index (χ3v) is 1.73. The number of hydrogen-bond donors (Lipinski definition) is 0. The van der Waals surface area contributed by atoms with Crippen LogP contribution in [-0.4, -0.2) is 11.0 Å². The molecule has 0 bridgehead atoms. The molecule has 1 radical (unpaired) electrons. The molecule has 4 nitrogen and oxygen atoms in total. The normalized spacial score (nSPS) is 10.1. The van der Waals surface area contributed by atoms with Gasteiger partial charge in [-0.15, -0.1) is 0 Å². The molecule has 0 aliphatic carbocycles. The molecule has 0 spiro atoms. The van der Waals surface area contributed by atoms with E-state index < -0.39 is 4.92 Å². The fourth-order valence-electron chi connectivity index (χ4n) is 1.20. The van der Waals surface area contributed by atoms with Crippen LogP contribution in [0.2, 0.25) is 0 Å². The van der Waals surface area contributed by atoms with Crippen LogP contribution in [-0.2, 0) is 0 Å². The molecule has 0 fully saturated rings. The third-order valence-electron chi connectivity index (χ3n) is 1.73. The van der Waals surface area contributed by atoms with Gasteiger partial charge in [0.25, 0.3) is 0 Å². The first kappa shape index (κ1) is 11.2. The van der Waals surface area contributed by atoms with E-state index in [9.17, 15) is 10.1 Å². The molecule has 4 heteroatoms. The minimum atomic E-state index is -0.481. The lowest BCUT2D eigenvalue weighted by Gasteiger charge is -2.10. The Morgan fingerprint density at radius 1 is 1.53 bits per heavy atom. The number of hydrogen-bond acceptors (Lipinski definition) is 3. The van der Waals surface area contributed by atoms with Gasteiger partial charge in [-0.25, -0.2) is 0 Å². The number of rotatable bonds is 4. The highest BCUT2D eigenvalue weighted by molar-refractivity contribution is 5.55. The lowest BCUT2D eigenvalue weighted by atomic mass is 10.1. The molecule has 0 saturated carbocycles. The van der Waals surface area contributed by atoms with E-state index in [4.69, 9.17) is 4.74 Å². The van der Waals surface area contributed by atoms with Crippen LogP contribution in [0.1, 0.15) is 19.4 Å². The summed E-state index contributed by atoms with van der Waals surface area (Å²) in [4.78, 5) is 10.4. The Bertz CT molecular complexity index is 385. The summed E-state index contributed by atoms with van der Waals surface area (Å²) in [6.45, 7) is 7.04. The summed E-state index contributed by atoms with van der Waals surface area (Å²) in [7, 11) is 0. The Morgan fingerprint density at radius 2 is 2.20 bits per heavy atom. The van der Waals surface area contributed by atoms with E-state index in [0.29, 0.717) is 5.56 Å². The minimum absolute atomic E-state index is 0.0822. The molecule has 0 aromatic heterocycles. The van der Waals surface area contributed by atoms with Gasteiger partial charge in [0, 0.05) is 0 Å². The van der Waals surface area contributed by atoms with Gasteiger partial charge in [0.05, 0.1) is 16.6 Å². The van der Waals surface area contributed by atoms with Gasteiger partial charge in [-0.2, -0.15) is 0 Å². The lowest BCUT2D eigenvalue weighted by Crippen LogP contribution is -2.08. The molecule has 0 aliphatic heterocycles. The maximum Gasteiger partial charge on any atom is 0.318 e. The summed E-state index contributed by atoms with van der Waals surface area (Å²) in [5.74, 6) is 0.253. The summed E-state index contributed by atoms with van der Waals surface area (Å²) < 4.78 is 5.34. The van der Waals surface area contributed by atoms with Crippen molar-refractivity contribution >= 4 is 5.69 Å². The second-order valence-electron chi connectivity index (χ2n) is 3.25. The van der Waals surface area contributed by atoms with Crippen LogP contribution in [0.25, 0.3) is 0 Å². The molecule has 0 atom stereocenters. The predicted molar refractivity (Wildman–Crippen MR) is 56.8 cm³/mol. The first-order valence-corrected chi connectivity index (χ1v) is 4.53.